The van der Waals surface area contributed by atoms with E-state index in [0.717, 1.165) is 50.1 Å². The highest BCUT2D eigenvalue weighted by molar-refractivity contribution is 5.79. The number of rotatable bonds is 6. The molecule has 1 aliphatic heterocycles. The lowest BCUT2D eigenvalue weighted by atomic mass is 10.1. The van der Waals surface area contributed by atoms with Crippen LogP contribution in [0, 0.1) is 6.92 Å². The molecule has 0 unspecified atom stereocenters. The molecule has 0 aliphatic carbocycles. The van der Waals surface area contributed by atoms with Crippen LogP contribution in [0.2, 0.25) is 0 Å². The second-order valence-corrected chi connectivity index (χ2v) is 7.98. The van der Waals surface area contributed by atoms with E-state index in [2.05, 4.69) is 78.4 Å². The average Bonchev–Trinajstić information content (AvgIpc) is 3.25. The normalized spacial score (nSPS) is 15.2. The fourth-order valence-electron chi connectivity index (χ4n) is 3.88. The summed E-state index contributed by atoms with van der Waals surface area (Å²) in [6, 6.07) is 15.1. The monoisotopic (exact) mass is 417 g/mol. The molecular formula is C24H31N7. The number of anilines is 1. The van der Waals surface area contributed by atoms with E-state index < -0.39 is 0 Å². The van der Waals surface area contributed by atoms with Gasteiger partial charge in [-0.3, -0.25) is 4.99 Å². The molecule has 0 spiro atoms. The third-order valence-corrected chi connectivity index (χ3v) is 5.69. The molecule has 2 aromatic heterocycles. The molecule has 0 bridgehead atoms. The van der Waals surface area contributed by atoms with Gasteiger partial charge in [0, 0.05) is 51.3 Å². The van der Waals surface area contributed by atoms with Gasteiger partial charge in [-0.15, -0.1) is 0 Å². The highest BCUT2D eigenvalue weighted by Gasteiger charge is 2.21. The lowest BCUT2D eigenvalue weighted by molar-refractivity contribution is 0.459. The molecule has 162 valence electrons. The molecule has 3 aromatic rings. The van der Waals surface area contributed by atoms with E-state index in [4.69, 9.17) is 0 Å². The lowest BCUT2D eigenvalue weighted by Gasteiger charge is -2.33. The molecule has 1 saturated heterocycles. The number of hydrogen-bond acceptors (Lipinski definition) is 4. The van der Waals surface area contributed by atoms with Crippen molar-refractivity contribution in [2.75, 3.05) is 25.0 Å². The van der Waals surface area contributed by atoms with Crippen molar-refractivity contribution >= 4 is 11.8 Å². The molecule has 0 atom stereocenters. The summed E-state index contributed by atoms with van der Waals surface area (Å²) in [5, 5.41) is 7.00. The van der Waals surface area contributed by atoms with Gasteiger partial charge >= 0.3 is 0 Å². The molecule has 0 saturated carbocycles. The van der Waals surface area contributed by atoms with Crippen LogP contribution < -0.4 is 15.5 Å². The second kappa shape index (κ2) is 10.1. The Hall–Kier alpha value is -3.35. The minimum absolute atomic E-state index is 0.400. The summed E-state index contributed by atoms with van der Waals surface area (Å²) in [6.07, 6.45) is 7.92. The summed E-state index contributed by atoms with van der Waals surface area (Å²) in [5.41, 5.74) is 2.46. The van der Waals surface area contributed by atoms with Crippen LogP contribution in [0.3, 0.4) is 0 Å². The largest absolute Gasteiger partial charge is 0.356 e. The molecule has 1 aliphatic rings. The number of aliphatic imine (C=N–C) groups is 1. The summed E-state index contributed by atoms with van der Waals surface area (Å²) in [5.74, 6) is 2.88. The summed E-state index contributed by atoms with van der Waals surface area (Å²) in [4.78, 5) is 15.8. The summed E-state index contributed by atoms with van der Waals surface area (Å²) in [6.45, 7) is 5.50. The molecule has 0 amide bonds. The van der Waals surface area contributed by atoms with Crippen molar-refractivity contribution in [1.29, 1.82) is 0 Å². The van der Waals surface area contributed by atoms with Crippen molar-refractivity contribution < 1.29 is 0 Å². The maximum atomic E-state index is 4.56. The van der Waals surface area contributed by atoms with Gasteiger partial charge in [0.15, 0.2) is 5.96 Å². The summed E-state index contributed by atoms with van der Waals surface area (Å²) in [7, 11) is 1.82. The zero-order chi connectivity index (χ0) is 21.5. The van der Waals surface area contributed by atoms with E-state index in [0.29, 0.717) is 12.6 Å². The fourth-order valence-corrected chi connectivity index (χ4v) is 3.88. The van der Waals surface area contributed by atoms with Crippen LogP contribution in [-0.2, 0) is 13.1 Å². The van der Waals surface area contributed by atoms with Gasteiger partial charge in [0.05, 0.1) is 6.54 Å². The van der Waals surface area contributed by atoms with Crippen molar-refractivity contribution in [3.05, 3.63) is 78.0 Å². The van der Waals surface area contributed by atoms with Gasteiger partial charge in [-0.05, 0) is 37.0 Å². The number of aromatic nitrogens is 3. The molecular weight excluding hydrogens is 386 g/mol. The Kier molecular flexibility index (Phi) is 6.82. The van der Waals surface area contributed by atoms with Crippen LogP contribution in [-0.4, -0.2) is 46.7 Å². The maximum Gasteiger partial charge on any atom is 0.191 e. The topological polar surface area (TPSA) is 70.4 Å². The summed E-state index contributed by atoms with van der Waals surface area (Å²) < 4.78 is 2.17. The molecule has 1 aromatic carbocycles. The van der Waals surface area contributed by atoms with Crippen molar-refractivity contribution in [1.82, 2.24) is 25.2 Å². The zero-order valence-corrected chi connectivity index (χ0v) is 18.3. The van der Waals surface area contributed by atoms with E-state index >= 15 is 0 Å². The molecule has 0 radical (unpaired) electrons. The minimum Gasteiger partial charge on any atom is -0.356 e. The number of pyridine rings is 1. The van der Waals surface area contributed by atoms with Crippen LogP contribution in [0.4, 0.5) is 5.82 Å². The van der Waals surface area contributed by atoms with Gasteiger partial charge < -0.3 is 20.1 Å². The number of piperidine rings is 1. The van der Waals surface area contributed by atoms with Crippen LogP contribution in [0.5, 0.6) is 0 Å². The first kappa shape index (κ1) is 20.9. The highest BCUT2D eigenvalue weighted by atomic mass is 15.2. The lowest BCUT2D eigenvalue weighted by Crippen LogP contribution is -2.48. The molecule has 3 heterocycles. The maximum absolute atomic E-state index is 4.56. The smallest absolute Gasteiger partial charge is 0.191 e. The quantitative estimate of drug-likeness (QED) is 0.477. The van der Waals surface area contributed by atoms with E-state index in [1.54, 1.807) is 0 Å². The number of nitrogens with zero attached hydrogens (tertiary/aromatic N) is 5. The first-order valence-corrected chi connectivity index (χ1v) is 10.9. The first-order chi connectivity index (χ1) is 15.2. The van der Waals surface area contributed by atoms with Gasteiger partial charge in [-0.25, -0.2) is 9.97 Å². The van der Waals surface area contributed by atoms with Gasteiger partial charge in [0.2, 0.25) is 0 Å². The summed E-state index contributed by atoms with van der Waals surface area (Å²) >= 11 is 0. The Balaban J connectivity index is 1.26. The first-order valence-electron chi connectivity index (χ1n) is 10.9. The number of hydrogen-bond donors (Lipinski definition) is 2. The van der Waals surface area contributed by atoms with E-state index in [1.807, 2.05) is 31.7 Å². The number of nitrogens with one attached hydrogen (secondary N) is 2. The van der Waals surface area contributed by atoms with Crippen molar-refractivity contribution in [3.8, 4) is 0 Å². The van der Waals surface area contributed by atoms with E-state index in [-0.39, 0.29) is 0 Å². The van der Waals surface area contributed by atoms with Crippen molar-refractivity contribution in [2.24, 2.45) is 4.99 Å². The molecule has 2 N–H and O–H groups in total. The second-order valence-electron chi connectivity index (χ2n) is 7.98. The Morgan fingerprint density at radius 3 is 2.61 bits per heavy atom. The number of aryl methyl sites for hydroxylation is 1. The Morgan fingerprint density at radius 2 is 1.90 bits per heavy atom. The minimum atomic E-state index is 0.400. The Bertz CT molecular complexity index is 971. The highest BCUT2D eigenvalue weighted by Crippen LogP contribution is 2.18. The Morgan fingerprint density at radius 1 is 1.10 bits per heavy atom. The number of guanidine groups is 1. The predicted molar refractivity (Wildman–Crippen MR) is 125 cm³/mol. The van der Waals surface area contributed by atoms with Gasteiger partial charge in [0.1, 0.15) is 11.6 Å². The average molecular weight is 418 g/mol. The zero-order valence-electron chi connectivity index (χ0n) is 18.3. The van der Waals surface area contributed by atoms with Crippen LogP contribution in [0.25, 0.3) is 0 Å². The van der Waals surface area contributed by atoms with Crippen molar-refractivity contribution in [2.45, 2.75) is 38.9 Å². The molecule has 4 rings (SSSR count). The van der Waals surface area contributed by atoms with Gasteiger partial charge in [0.25, 0.3) is 0 Å². The standard InChI is InChI=1S/C24H31N7/c1-19-8-9-22(27-16-19)30-13-10-21(11-14-30)29-24(25-2)28-17-23-26-12-15-31(23)18-20-6-4-3-5-7-20/h3-9,12,15-16,21H,10-11,13-14,17-18H2,1-2H3,(H2,25,28,29). The van der Waals surface area contributed by atoms with E-state index in [1.165, 1.54) is 11.1 Å². The molecule has 1 fully saturated rings. The molecule has 7 heteroatoms. The van der Waals surface area contributed by atoms with E-state index in [9.17, 15) is 0 Å². The van der Waals surface area contributed by atoms with Crippen LogP contribution in [0.1, 0.15) is 29.8 Å². The van der Waals surface area contributed by atoms with Crippen LogP contribution in [0.15, 0.2) is 66.0 Å². The Labute approximate surface area is 184 Å². The molecule has 7 nitrogen and oxygen atoms in total. The van der Waals surface area contributed by atoms with Gasteiger partial charge in [-0.1, -0.05) is 36.4 Å². The SMILES string of the molecule is CN=C(NCc1nccn1Cc1ccccc1)NC1CCN(c2ccc(C)cn2)CC1. The third kappa shape index (κ3) is 5.63. The van der Waals surface area contributed by atoms with Crippen LogP contribution >= 0.6 is 0 Å². The number of imidazole rings is 1. The van der Waals surface area contributed by atoms with Crippen molar-refractivity contribution in [3.63, 3.8) is 0 Å². The third-order valence-electron chi connectivity index (χ3n) is 5.69. The molecule has 31 heavy (non-hydrogen) atoms. The predicted octanol–water partition coefficient (Wildman–Crippen LogP) is 2.97. The van der Waals surface area contributed by atoms with Gasteiger partial charge in [-0.2, -0.15) is 0 Å². The fraction of sp³-hybridized carbons (Fsp3) is 0.375. The number of benzene rings is 1.